The van der Waals surface area contributed by atoms with E-state index in [-0.39, 0.29) is 0 Å². The first kappa shape index (κ1) is 8.57. The van der Waals surface area contributed by atoms with Gasteiger partial charge in [0.1, 0.15) is 5.75 Å². The SMILES string of the molecule is COc1ccccc1C1CC1CN. The fourth-order valence-corrected chi connectivity index (χ4v) is 1.86. The van der Waals surface area contributed by atoms with Crippen molar-refractivity contribution in [3.63, 3.8) is 0 Å². The lowest BCUT2D eigenvalue weighted by Gasteiger charge is -2.06. The molecule has 70 valence electrons. The fourth-order valence-electron chi connectivity index (χ4n) is 1.86. The molecule has 0 aliphatic heterocycles. The lowest BCUT2D eigenvalue weighted by molar-refractivity contribution is 0.409. The molecule has 1 fully saturated rings. The summed E-state index contributed by atoms with van der Waals surface area (Å²) in [5.41, 5.74) is 6.93. The predicted molar refractivity (Wildman–Crippen MR) is 52.9 cm³/mol. The minimum Gasteiger partial charge on any atom is -0.496 e. The van der Waals surface area contributed by atoms with Gasteiger partial charge in [-0.3, -0.25) is 0 Å². The van der Waals surface area contributed by atoms with Crippen molar-refractivity contribution in [2.45, 2.75) is 12.3 Å². The van der Waals surface area contributed by atoms with Crippen molar-refractivity contribution in [2.24, 2.45) is 11.7 Å². The fraction of sp³-hybridized carbons (Fsp3) is 0.455. The van der Waals surface area contributed by atoms with Crippen LogP contribution in [0.4, 0.5) is 0 Å². The zero-order valence-electron chi connectivity index (χ0n) is 7.86. The van der Waals surface area contributed by atoms with E-state index in [1.807, 2.05) is 12.1 Å². The summed E-state index contributed by atoms with van der Waals surface area (Å²) in [5, 5.41) is 0. The smallest absolute Gasteiger partial charge is 0.122 e. The second-order valence-electron chi connectivity index (χ2n) is 3.58. The van der Waals surface area contributed by atoms with Crippen LogP contribution in [0, 0.1) is 5.92 Å². The highest BCUT2D eigenvalue weighted by molar-refractivity contribution is 5.39. The monoisotopic (exact) mass is 177 g/mol. The minimum absolute atomic E-state index is 0.640. The molecule has 1 aromatic carbocycles. The molecule has 2 rings (SSSR count). The maximum atomic E-state index is 5.61. The maximum absolute atomic E-state index is 5.61. The van der Waals surface area contributed by atoms with E-state index < -0.39 is 0 Å². The Labute approximate surface area is 78.7 Å². The van der Waals surface area contributed by atoms with Crippen LogP contribution in [0.3, 0.4) is 0 Å². The molecule has 0 saturated heterocycles. The summed E-state index contributed by atoms with van der Waals surface area (Å²) in [6.07, 6.45) is 1.22. The molecule has 13 heavy (non-hydrogen) atoms. The highest BCUT2D eigenvalue weighted by Crippen LogP contribution is 2.49. The number of hydrogen-bond acceptors (Lipinski definition) is 2. The van der Waals surface area contributed by atoms with Crippen LogP contribution in [0.1, 0.15) is 17.9 Å². The van der Waals surface area contributed by atoms with Crippen LogP contribution in [0.25, 0.3) is 0 Å². The Balaban J connectivity index is 2.20. The largest absolute Gasteiger partial charge is 0.496 e. The molecule has 0 amide bonds. The van der Waals surface area contributed by atoms with E-state index in [4.69, 9.17) is 10.5 Å². The van der Waals surface area contributed by atoms with Gasteiger partial charge in [-0.2, -0.15) is 0 Å². The number of methoxy groups -OCH3 is 1. The first-order valence-electron chi connectivity index (χ1n) is 4.69. The zero-order chi connectivity index (χ0) is 9.26. The van der Waals surface area contributed by atoms with E-state index in [9.17, 15) is 0 Å². The third-order valence-electron chi connectivity index (χ3n) is 2.76. The Kier molecular flexibility index (Phi) is 2.23. The molecule has 1 aliphatic carbocycles. The van der Waals surface area contributed by atoms with E-state index in [1.165, 1.54) is 12.0 Å². The van der Waals surface area contributed by atoms with E-state index in [2.05, 4.69) is 12.1 Å². The van der Waals surface area contributed by atoms with Gasteiger partial charge in [-0.05, 0) is 36.4 Å². The molecule has 1 aromatic rings. The van der Waals surface area contributed by atoms with Gasteiger partial charge in [0.05, 0.1) is 7.11 Å². The number of para-hydroxylation sites is 1. The molecule has 2 N–H and O–H groups in total. The Morgan fingerprint density at radius 3 is 2.85 bits per heavy atom. The summed E-state index contributed by atoms with van der Waals surface area (Å²) in [6, 6.07) is 8.21. The van der Waals surface area contributed by atoms with Gasteiger partial charge in [0, 0.05) is 0 Å². The molecule has 1 saturated carbocycles. The van der Waals surface area contributed by atoms with E-state index in [0.29, 0.717) is 11.8 Å². The third kappa shape index (κ3) is 1.54. The quantitative estimate of drug-likeness (QED) is 0.763. The Morgan fingerprint density at radius 2 is 2.23 bits per heavy atom. The molecule has 0 bridgehead atoms. The van der Waals surface area contributed by atoms with Crippen LogP contribution in [0.5, 0.6) is 5.75 Å². The molecule has 2 unspecified atom stereocenters. The van der Waals surface area contributed by atoms with Crippen molar-refractivity contribution < 1.29 is 4.74 Å². The average Bonchev–Trinajstić information content (AvgIpc) is 2.96. The zero-order valence-corrected chi connectivity index (χ0v) is 7.86. The molecule has 0 heterocycles. The molecule has 0 radical (unpaired) electrons. The summed E-state index contributed by atoms with van der Waals surface area (Å²) < 4.78 is 5.30. The molecule has 0 spiro atoms. The van der Waals surface area contributed by atoms with Gasteiger partial charge in [-0.15, -0.1) is 0 Å². The molecular weight excluding hydrogens is 162 g/mol. The predicted octanol–water partition coefficient (Wildman–Crippen LogP) is 1.76. The summed E-state index contributed by atoms with van der Waals surface area (Å²) >= 11 is 0. The van der Waals surface area contributed by atoms with Crippen LogP contribution in [-0.4, -0.2) is 13.7 Å². The van der Waals surface area contributed by atoms with Crippen LogP contribution in [0.15, 0.2) is 24.3 Å². The van der Waals surface area contributed by atoms with Crippen molar-refractivity contribution in [3.05, 3.63) is 29.8 Å². The number of hydrogen-bond donors (Lipinski definition) is 1. The third-order valence-corrected chi connectivity index (χ3v) is 2.76. The summed E-state index contributed by atoms with van der Waals surface area (Å²) in [7, 11) is 1.72. The number of nitrogens with two attached hydrogens (primary N) is 1. The average molecular weight is 177 g/mol. The van der Waals surface area contributed by atoms with Gasteiger partial charge in [-0.25, -0.2) is 0 Å². The van der Waals surface area contributed by atoms with Gasteiger partial charge in [-0.1, -0.05) is 18.2 Å². The van der Waals surface area contributed by atoms with Crippen molar-refractivity contribution >= 4 is 0 Å². The molecule has 2 heteroatoms. The topological polar surface area (TPSA) is 35.2 Å². The highest BCUT2D eigenvalue weighted by Gasteiger charge is 2.38. The molecule has 2 atom stereocenters. The van der Waals surface area contributed by atoms with Crippen molar-refractivity contribution in [1.29, 1.82) is 0 Å². The van der Waals surface area contributed by atoms with Crippen molar-refractivity contribution in [1.82, 2.24) is 0 Å². The van der Waals surface area contributed by atoms with E-state index in [0.717, 1.165) is 12.3 Å². The van der Waals surface area contributed by atoms with Crippen LogP contribution in [0.2, 0.25) is 0 Å². The summed E-state index contributed by atoms with van der Waals surface area (Å²) in [4.78, 5) is 0. The van der Waals surface area contributed by atoms with Gasteiger partial charge < -0.3 is 10.5 Å². The Hall–Kier alpha value is -1.02. The van der Waals surface area contributed by atoms with Gasteiger partial charge in [0.25, 0.3) is 0 Å². The van der Waals surface area contributed by atoms with Gasteiger partial charge in [0.2, 0.25) is 0 Å². The molecule has 1 aliphatic rings. The van der Waals surface area contributed by atoms with Crippen LogP contribution in [-0.2, 0) is 0 Å². The Morgan fingerprint density at radius 1 is 1.46 bits per heavy atom. The highest BCUT2D eigenvalue weighted by atomic mass is 16.5. The summed E-state index contributed by atoms with van der Waals surface area (Å²) in [6.45, 7) is 0.794. The first-order valence-corrected chi connectivity index (χ1v) is 4.69. The van der Waals surface area contributed by atoms with E-state index >= 15 is 0 Å². The number of ether oxygens (including phenoxy) is 1. The second-order valence-corrected chi connectivity index (χ2v) is 3.58. The van der Waals surface area contributed by atoms with Crippen molar-refractivity contribution in [2.75, 3.05) is 13.7 Å². The lowest BCUT2D eigenvalue weighted by atomic mass is 10.1. The van der Waals surface area contributed by atoms with Crippen molar-refractivity contribution in [3.8, 4) is 5.75 Å². The van der Waals surface area contributed by atoms with E-state index in [1.54, 1.807) is 7.11 Å². The van der Waals surface area contributed by atoms with Crippen LogP contribution >= 0.6 is 0 Å². The standard InChI is InChI=1S/C11H15NO/c1-13-11-5-3-2-4-9(11)10-6-8(10)7-12/h2-5,8,10H,6-7,12H2,1H3. The molecular formula is C11H15NO. The van der Waals surface area contributed by atoms with Crippen LogP contribution < -0.4 is 10.5 Å². The second kappa shape index (κ2) is 3.38. The molecule has 2 nitrogen and oxygen atoms in total. The lowest BCUT2D eigenvalue weighted by Crippen LogP contribution is -2.02. The minimum atomic E-state index is 0.640. The Bertz CT molecular complexity index is 298. The maximum Gasteiger partial charge on any atom is 0.122 e. The number of benzene rings is 1. The van der Waals surface area contributed by atoms with Gasteiger partial charge in [0.15, 0.2) is 0 Å². The number of rotatable bonds is 3. The van der Waals surface area contributed by atoms with Gasteiger partial charge >= 0.3 is 0 Å². The normalized spacial score (nSPS) is 25.7. The molecule has 0 aromatic heterocycles. The summed E-state index contributed by atoms with van der Waals surface area (Å²) in [5.74, 6) is 2.32. The first-order chi connectivity index (χ1) is 6.36.